The maximum atomic E-state index is 13.0. The van der Waals surface area contributed by atoms with Gasteiger partial charge in [-0.25, -0.2) is 4.39 Å². The number of hydrogen-bond donors (Lipinski definition) is 1. The second-order valence-corrected chi connectivity index (χ2v) is 4.00. The van der Waals surface area contributed by atoms with Crippen LogP contribution in [0.2, 0.25) is 0 Å². The van der Waals surface area contributed by atoms with Gasteiger partial charge in [0.15, 0.2) is 0 Å². The second kappa shape index (κ2) is 7.01. The molecular weight excluding hydrogens is 223 g/mol. The van der Waals surface area contributed by atoms with Crippen molar-refractivity contribution in [2.24, 2.45) is 5.92 Å². The molecule has 1 aromatic rings. The van der Waals surface area contributed by atoms with Crippen molar-refractivity contribution in [2.75, 3.05) is 13.7 Å². The standard InChI is InChI=1S/C13H17FO3/c1-17-7-3-5-11(13(15)16)8-10-4-2-6-12(14)9-10/h2,4,6,9,11H,3,5,7-8H2,1H3,(H,15,16). The molecule has 1 rings (SSSR count). The Bertz CT molecular complexity index is 365. The molecule has 0 spiro atoms. The van der Waals surface area contributed by atoms with Crippen LogP contribution in [0, 0.1) is 11.7 Å². The fraction of sp³-hybridized carbons (Fsp3) is 0.462. The molecule has 3 nitrogen and oxygen atoms in total. The molecule has 1 atom stereocenters. The molecule has 0 aliphatic heterocycles. The van der Waals surface area contributed by atoms with Crippen LogP contribution in [-0.2, 0) is 16.0 Å². The van der Waals surface area contributed by atoms with E-state index in [0.29, 0.717) is 25.9 Å². The minimum absolute atomic E-state index is 0.330. The number of carbonyl (C=O) groups is 1. The summed E-state index contributed by atoms with van der Waals surface area (Å²) in [5.41, 5.74) is 0.717. The first kappa shape index (κ1) is 13.6. The summed E-state index contributed by atoms with van der Waals surface area (Å²) in [6, 6.07) is 6.07. The summed E-state index contributed by atoms with van der Waals surface area (Å²) in [7, 11) is 1.59. The summed E-state index contributed by atoms with van der Waals surface area (Å²) >= 11 is 0. The van der Waals surface area contributed by atoms with Gasteiger partial charge in [-0.1, -0.05) is 12.1 Å². The SMILES string of the molecule is COCCCC(Cc1cccc(F)c1)C(=O)O. The normalized spacial score (nSPS) is 12.4. The molecule has 4 heteroatoms. The highest BCUT2D eigenvalue weighted by Gasteiger charge is 2.17. The van der Waals surface area contributed by atoms with Gasteiger partial charge in [0.1, 0.15) is 5.82 Å². The molecule has 0 aliphatic carbocycles. The van der Waals surface area contributed by atoms with Crippen molar-refractivity contribution in [2.45, 2.75) is 19.3 Å². The molecule has 1 N–H and O–H groups in total. The van der Waals surface area contributed by atoms with Crippen molar-refractivity contribution >= 4 is 5.97 Å². The molecule has 0 saturated carbocycles. The van der Waals surface area contributed by atoms with E-state index in [0.717, 1.165) is 5.56 Å². The summed E-state index contributed by atoms with van der Waals surface area (Å²) in [4.78, 5) is 11.0. The molecular formula is C13H17FO3. The second-order valence-electron chi connectivity index (χ2n) is 4.00. The third-order valence-electron chi connectivity index (χ3n) is 2.62. The van der Waals surface area contributed by atoms with Crippen LogP contribution in [-0.4, -0.2) is 24.8 Å². The Morgan fingerprint density at radius 3 is 2.88 bits per heavy atom. The maximum absolute atomic E-state index is 13.0. The number of aliphatic carboxylic acids is 1. The monoisotopic (exact) mass is 240 g/mol. The molecule has 94 valence electrons. The van der Waals surface area contributed by atoms with E-state index < -0.39 is 11.9 Å². The van der Waals surface area contributed by atoms with Gasteiger partial charge in [-0.15, -0.1) is 0 Å². The van der Waals surface area contributed by atoms with Gasteiger partial charge in [0.25, 0.3) is 0 Å². The molecule has 0 aliphatic rings. The third-order valence-corrected chi connectivity index (χ3v) is 2.62. The highest BCUT2D eigenvalue weighted by atomic mass is 19.1. The molecule has 1 unspecified atom stereocenters. The number of ether oxygens (including phenoxy) is 1. The predicted molar refractivity (Wildman–Crippen MR) is 62.3 cm³/mol. The van der Waals surface area contributed by atoms with Crippen LogP contribution >= 0.6 is 0 Å². The van der Waals surface area contributed by atoms with Crippen LogP contribution in [0.25, 0.3) is 0 Å². The van der Waals surface area contributed by atoms with E-state index in [2.05, 4.69) is 0 Å². The fourth-order valence-corrected chi connectivity index (χ4v) is 1.74. The predicted octanol–water partition coefficient (Wildman–Crippen LogP) is 2.50. The van der Waals surface area contributed by atoms with E-state index in [4.69, 9.17) is 9.84 Å². The molecule has 1 aromatic carbocycles. The molecule has 0 heterocycles. The van der Waals surface area contributed by atoms with Gasteiger partial charge in [-0.05, 0) is 37.0 Å². The summed E-state index contributed by atoms with van der Waals surface area (Å²) in [5.74, 6) is -1.65. The fourth-order valence-electron chi connectivity index (χ4n) is 1.74. The van der Waals surface area contributed by atoms with Gasteiger partial charge in [0, 0.05) is 13.7 Å². The minimum atomic E-state index is -0.842. The van der Waals surface area contributed by atoms with Gasteiger partial charge in [0.2, 0.25) is 0 Å². The summed E-state index contributed by atoms with van der Waals surface area (Å²) < 4.78 is 17.8. The maximum Gasteiger partial charge on any atom is 0.306 e. The zero-order chi connectivity index (χ0) is 12.7. The van der Waals surface area contributed by atoms with Crippen molar-refractivity contribution in [3.05, 3.63) is 35.6 Å². The highest BCUT2D eigenvalue weighted by Crippen LogP contribution is 2.15. The van der Waals surface area contributed by atoms with Crippen LogP contribution in [0.3, 0.4) is 0 Å². The lowest BCUT2D eigenvalue weighted by Crippen LogP contribution is -2.17. The summed E-state index contributed by atoms with van der Waals surface area (Å²) in [5, 5.41) is 9.07. The van der Waals surface area contributed by atoms with E-state index in [1.54, 1.807) is 19.2 Å². The number of hydrogen-bond acceptors (Lipinski definition) is 2. The lowest BCUT2D eigenvalue weighted by atomic mass is 9.95. The Hall–Kier alpha value is -1.42. The molecule has 17 heavy (non-hydrogen) atoms. The minimum Gasteiger partial charge on any atom is -0.481 e. The van der Waals surface area contributed by atoms with E-state index in [-0.39, 0.29) is 5.82 Å². The lowest BCUT2D eigenvalue weighted by molar-refractivity contribution is -0.142. The first-order valence-corrected chi connectivity index (χ1v) is 5.59. The Morgan fingerprint density at radius 2 is 2.29 bits per heavy atom. The molecule has 0 amide bonds. The lowest BCUT2D eigenvalue weighted by Gasteiger charge is -2.12. The van der Waals surface area contributed by atoms with E-state index in [1.165, 1.54) is 12.1 Å². The number of carboxylic acids is 1. The van der Waals surface area contributed by atoms with E-state index >= 15 is 0 Å². The van der Waals surface area contributed by atoms with Crippen LogP contribution in [0.15, 0.2) is 24.3 Å². The molecule has 0 saturated heterocycles. The number of carboxylic acid groups (broad SMARTS) is 1. The van der Waals surface area contributed by atoms with Crippen molar-refractivity contribution in [3.63, 3.8) is 0 Å². The van der Waals surface area contributed by atoms with Gasteiger partial charge in [0.05, 0.1) is 5.92 Å². The van der Waals surface area contributed by atoms with Crippen LogP contribution in [0.1, 0.15) is 18.4 Å². The third kappa shape index (κ3) is 4.95. The Kier molecular flexibility index (Phi) is 5.63. The average Bonchev–Trinajstić information content (AvgIpc) is 2.28. The number of halogens is 1. The topological polar surface area (TPSA) is 46.5 Å². The molecule has 0 fully saturated rings. The first-order valence-electron chi connectivity index (χ1n) is 5.59. The van der Waals surface area contributed by atoms with Crippen LogP contribution < -0.4 is 0 Å². The zero-order valence-corrected chi connectivity index (χ0v) is 9.86. The number of benzene rings is 1. The van der Waals surface area contributed by atoms with Gasteiger partial charge >= 0.3 is 5.97 Å². The largest absolute Gasteiger partial charge is 0.481 e. The Labute approximate surface area is 100 Å². The van der Waals surface area contributed by atoms with Crippen molar-refractivity contribution < 1.29 is 19.0 Å². The number of methoxy groups -OCH3 is 1. The van der Waals surface area contributed by atoms with E-state index in [1.807, 2.05) is 0 Å². The van der Waals surface area contributed by atoms with Crippen molar-refractivity contribution in [1.82, 2.24) is 0 Å². The Balaban J connectivity index is 2.57. The molecule has 0 bridgehead atoms. The average molecular weight is 240 g/mol. The molecule has 0 radical (unpaired) electrons. The quantitative estimate of drug-likeness (QED) is 0.745. The Morgan fingerprint density at radius 1 is 1.53 bits per heavy atom. The van der Waals surface area contributed by atoms with Crippen molar-refractivity contribution in [3.8, 4) is 0 Å². The van der Waals surface area contributed by atoms with Crippen LogP contribution in [0.4, 0.5) is 4.39 Å². The van der Waals surface area contributed by atoms with Crippen LogP contribution in [0.5, 0.6) is 0 Å². The van der Waals surface area contributed by atoms with Gasteiger partial charge < -0.3 is 9.84 Å². The molecule has 0 aromatic heterocycles. The van der Waals surface area contributed by atoms with Crippen molar-refractivity contribution in [1.29, 1.82) is 0 Å². The first-order chi connectivity index (χ1) is 8.13. The van der Waals surface area contributed by atoms with Gasteiger partial charge in [-0.3, -0.25) is 4.79 Å². The zero-order valence-electron chi connectivity index (χ0n) is 9.86. The van der Waals surface area contributed by atoms with Gasteiger partial charge in [-0.2, -0.15) is 0 Å². The highest BCUT2D eigenvalue weighted by molar-refractivity contribution is 5.70. The summed E-state index contributed by atoms with van der Waals surface area (Å²) in [6.07, 6.45) is 1.60. The smallest absolute Gasteiger partial charge is 0.306 e. The number of rotatable bonds is 7. The summed E-state index contributed by atoms with van der Waals surface area (Å²) in [6.45, 7) is 0.549. The van der Waals surface area contributed by atoms with E-state index in [9.17, 15) is 9.18 Å².